The van der Waals surface area contributed by atoms with Gasteiger partial charge < -0.3 is 11.5 Å². The average molecular weight is 267 g/mol. The van der Waals surface area contributed by atoms with E-state index >= 15 is 0 Å². The van der Waals surface area contributed by atoms with Gasteiger partial charge >= 0.3 is 0 Å². The Labute approximate surface area is 120 Å². The minimum atomic E-state index is 0.0881. The second-order valence-corrected chi connectivity index (χ2v) is 5.73. The minimum absolute atomic E-state index is 0.0881. The van der Waals surface area contributed by atoms with E-state index in [9.17, 15) is 0 Å². The minimum Gasteiger partial charge on any atom is -0.383 e. The van der Waals surface area contributed by atoms with Gasteiger partial charge in [0.15, 0.2) is 0 Å². The summed E-state index contributed by atoms with van der Waals surface area (Å²) in [6, 6.07) is 14.7. The molecular weight excluding hydrogens is 246 g/mol. The fourth-order valence-electron chi connectivity index (χ4n) is 3.26. The van der Waals surface area contributed by atoms with Crippen molar-refractivity contribution < 1.29 is 0 Å². The number of nitrogen functional groups attached to an aromatic ring is 1. The van der Waals surface area contributed by atoms with Crippen LogP contribution in [0.2, 0.25) is 0 Å². The summed E-state index contributed by atoms with van der Waals surface area (Å²) in [7, 11) is 0. The topological polar surface area (TPSA) is 64.9 Å². The van der Waals surface area contributed by atoms with E-state index in [1.807, 2.05) is 12.1 Å². The zero-order valence-corrected chi connectivity index (χ0v) is 11.6. The van der Waals surface area contributed by atoms with Gasteiger partial charge in [0.25, 0.3) is 0 Å². The molecule has 1 aliphatic rings. The lowest BCUT2D eigenvalue weighted by atomic mass is 9.59. The van der Waals surface area contributed by atoms with E-state index < -0.39 is 0 Å². The maximum atomic E-state index is 6.56. The van der Waals surface area contributed by atoms with Crippen LogP contribution in [0.25, 0.3) is 0 Å². The highest BCUT2D eigenvalue weighted by atomic mass is 14.8. The smallest absolute Gasteiger partial charge is 0.126 e. The Morgan fingerprint density at radius 1 is 1.10 bits per heavy atom. The Balaban J connectivity index is 1.85. The van der Waals surface area contributed by atoms with Gasteiger partial charge in [0.1, 0.15) is 5.82 Å². The number of nitrogens with zero attached hydrogens (tertiary/aromatic N) is 1. The highest BCUT2D eigenvalue weighted by Gasteiger charge is 2.43. The molecule has 1 aliphatic carbocycles. The molecule has 1 aromatic carbocycles. The normalized spacial score (nSPS) is 18.2. The summed E-state index contributed by atoms with van der Waals surface area (Å²) in [6.07, 6.45) is 6.09. The van der Waals surface area contributed by atoms with E-state index in [4.69, 9.17) is 11.5 Å². The number of rotatable bonds is 4. The molecule has 0 aliphatic heterocycles. The van der Waals surface area contributed by atoms with Crippen LogP contribution in [0.1, 0.15) is 30.4 Å². The van der Waals surface area contributed by atoms with E-state index in [1.165, 1.54) is 24.8 Å². The number of pyridine rings is 1. The number of benzene rings is 1. The van der Waals surface area contributed by atoms with Gasteiger partial charge in [-0.3, -0.25) is 0 Å². The van der Waals surface area contributed by atoms with Crippen LogP contribution in [0.3, 0.4) is 0 Å². The van der Waals surface area contributed by atoms with E-state index in [0.717, 1.165) is 12.0 Å². The van der Waals surface area contributed by atoms with Crippen molar-refractivity contribution in [2.75, 3.05) is 5.73 Å². The molecule has 0 radical (unpaired) electrons. The standard InChI is InChI=1S/C17H21N3/c18-15(12-13-6-4-11-20-16(13)19)17(9-5-10-17)14-7-2-1-3-8-14/h1-4,6-8,11,15H,5,9-10,12,18H2,(H2,19,20). The molecule has 1 fully saturated rings. The van der Waals surface area contributed by atoms with Crippen molar-refractivity contribution in [3.63, 3.8) is 0 Å². The third kappa shape index (κ3) is 2.18. The van der Waals surface area contributed by atoms with Crippen molar-refractivity contribution >= 4 is 5.82 Å². The van der Waals surface area contributed by atoms with Gasteiger partial charge in [0, 0.05) is 17.7 Å². The molecule has 3 nitrogen and oxygen atoms in total. The summed E-state index contributed by atoms with van der Waals surface area (Å²) in [5, 5.41) is 0. The Morgan fingerprint density at radius 3 is 2.45 bits per heavy atom. The van der Waals surface area contributed by atoms with Crippen LogP contribution in [0.15, 0.2) is 48.7 Å². The van der Waals surface area contributed by atoms with Gasteiger partial charge in [-0.05, 0) is 36.5 Å². The molecule has 4 N–H and O–H groups in total. The third-order valence-corrected chi connectivity index (χ3v) is 4.67. The summed E-state index contributed by atoms with van der Waals surface area (Å²) < 4.78 is 0. The molecule has 0 saturated heterocycles. The lowest BCUT2D eigenvalue weighted by molar-refractivity contribution is 0.194. The van der Waals surface area contributed by atoms with Crippen molar-refractivity contribution in [1.29, 1.82) is 0 Å². The molecule has 1 heterocycles. The molecule has 2 aromatic rings. The zero-order chi connectivity index (χ0) is 14.0. The second kappa shape index (κ2) is 5.25. The Bertz CT molecular complexity index is 576. The first kappa shape index (κ1) is 13.1. The summed E-state index contributed by atoms with van der Waals surface area (Å²) in [5.41, 5.74) is 15.0. The number of hydrogen-bond acceptors (Lipinski definition) is 3. The summed E-state index contributed by atoms with van der Waals surface area (Å²) in [4.78, 5) is 4.15. The largest absolute Gasteiger partial charge is 0.383 e. The lowest BCUT2D eigenvalue weighted by Crippen LogP contribution is -2.51. The first-order valence-electron chi connectivity index (χ1n) is 7.23. The van der Waals surface area contributed by atoms with Crippen LogP contribution in [0, 0.1) is 0 Å². The van der Waals surface area contributed by atoms with Gasteiger partial charge in [-0.2, -0.15) is 0 Å². The van der Waals surface area contributed by atoms with Gasteiger partial charge in [-0.15, -0.1) is 0 Å². The van der Waals surface area contributed by atoms with Crippen molar-refractivity contribution in [3.05, 3.63) is 59.8 Å². The predicted octanol–water partition coefficient (Wildman–Crippen LogP) is 2.66. The van der Waals surface area contributed by atoms with Gasteiger partial charge in [-0.1, -0.05) is 42.8 Å². The number of aromatic nitrogens is 1. The lowest BCUT2D eigenvalue weighted by Gasteiger charge is -2.47. The monoisotopic (exact) mass is 267 g/mol. The fourth-order valence-corrected chi connectivity index (χ4v) is 3.26. The number of hydrogen-bond donors (Lipinski definition) is 2. The summed E-state index contributed by atoms with van der Waals surface area (Å²) >= 11 is 0. The van der Waals surface area contributed by atoms with Crippen LogP contribution in [0.5, 0.6) is 0 Å². The van der Waals surface area contributed by atoms with E-state index in [1.54, 1.807) is 6.20 Å². The first-order valence-corrected chi connectivity index (χ1v) is 7.23. The maximum absolute atomic E-state index is 6.56. The fraction of sp³-hybridized carbons (Fsp3) is 0.353. The average Bonchev–Trinajstić information content (AvgIpc) is 2.41. The number of nitrogens with two attached hydrogens (primary N) is 2. The number of anilines is 1. The van der Waals surface area contributed by atoms with Crippen LogP contribution >= 0.6 is 0 Å². The Kier molecular flexibility index (Phi) is 3.45. The predicted molar refractivity (Wildman–Crippen MR) is 82.3 cm³/mol. The maximum Gasteiger partial charge on any atom is 0.126 e. The Hall–Kier alpha value is -1.87. The van der Waals surface area contributed by atoms with Crippen molar-refractivity contribution in [2.24, 2.45) is 5.73 Å². The molecule has 3 rings (SSSR count). The summed E-state index contributed by atoms with van der Waals surface area (Å²) in [6.45, 7) is 0. The Morgan fingerprint density at radius 2 is 1.85 bits per heavy atom. The van der Waals surface area contributed by atoms with Gasteiger partial charge in [0.2, 0.25) is 0 Å². The molecular formula is C17H21N3. The molecule has 0 bridgehead atoms. The molecule has 20 heavy (non-hydrogen) atoms. The third-order valence-electron chi connectivity index (χ3n) is 4.67. The molecule has 1 aromatic heterocycles. The molecule has 1 atom stereocenters. The van der Waals surface area contributed by atoms with Crippen molar-refractivity contribution in [2.45, 2.75) is 37.1 Å². The van der Waals surface area contributed by atoms with E-state index in [2.05, 4.69) is 35.3 Å². The first-order chi connectivity index (χ1) is 9.72. The highest BCUT2D eigenvalue weighted by Crippen LogP contribution is 2.46. The van der Waals surface area contributed by atoms with E-state index in [0.29, 0.717) is 5.82 Å². The quantitative estimate of drug-likeness (QED) is 0.895. The highest BCUT2D eigenvalue weighted by molar-refractivity contribution is 5.40. The van der Waals surface area contributed by atoms with Crippen LogP contribution in [-0.4, -0.2) is 11.0 Å². The molecule has 1 unspecified atom stereocenters. The second-order valence-electron chi connectivity index (χ2n) is 5.73. The van der Waals surface area contributed by atoms with E-state index in [-0.39, 0.29) is 11.5 Å². The van der Waals surface area contributed by atoms with Crippen LogP contribution < -0.4 is 11.5 Å². The van der Waals surface area contributed by atoms with Crippen molar-refractivity contribution in [3.8, 4) is 0 Å². The van der Waals surface area contributed by atoms with Crippen molar-refractivity contribution in [1.82, 2.24) is 4.98 Å². The zero-order valence-electron chi connectivity index (χ0n) is 11.6. The molecule has 0 amide bonds. The van der Waals surface area contributed by atoms with Gasteiger partial charge in [0.05, 0.1) is 0 Å². The van der Waals surface area contributed by atoms with Crippen LogP contribution in [0.4, 0.5) is 5.82 Å². The molecule has 1 saturated carbocycles. The summed E-state index contributed by atoms with van der Waals surface area (Å²) in [5.74, 6) is 0.602. The molecule has 3 heteroatoms. The van der Waals surface area contributed by atoms with Crippen LogP contribution in [-0.2, 0) is 11.8 Å². The SMILES string of the molecule is Nc1ncccc1CC(N)C1(c2ccccc2)CCC1. The van der Waals surface area contributed by atoms with Gasteiger partial charge in [-0.25, -0.2) is 4.98 Å². The molecule has 104 valence electrons. The molecule has 0 spiro atoms.